The third-order valence-corrected chi connectivity index (χ3v) is 2.61. The first kappa shape index (κ1) is 13.5. The summed E-state index contributed by atoms with van der Waals surface area (Å²) in [6, 6.07) is 8.61. The Morgan fingerprint density at radius 2 is 1.75 bits per heavy atom. The topological polar surface area (TPSA) is 24.1 Å². The Hall–Kier alpha value is -0.570. The molecule has 0 saturated carbocycles. The number of hydrogen-bond donors (Lipinski definition) is 2. The van der Waals surface area contributed by atoms with Gasteiger partial charge in [-0.15, -0.1) is 0 Å². The average Bonchev–Trinajstić information content (AvgIpc) is 2.25. The Labute approximate surface area is 103 Å². The zero-order valence-corrected chi connectivity index (χ0v) is 10.8. The van der Waals surface area contributed by atoms with Crippen molar-refractivity contribution in [3.63, 3.8) is 0 Å². The molecule has 0 atom stereocenters. The quantitative estimate of drug-likeness (QED) is 0.716. The minimum absolute atomic E-state index is 0.568. The molecule has 90 valence electrons. The summed E-state index contributed by atoms with van der Waals surface area (Å²) in [5.41, 5.74) is 1.33. The zero-order chi connectivity index (χ0) is 11.8. The van der Waals surface area contributed by atoms with Crippen molar-refractivity contribution in [3.8, 4) is 0 Å². The summed E-state index contributed by atoms with van der Waals surface area (Å²) in [6.07, 6.45) is 1.05. The van der Waals surface area contributed by atoms with Crippen molar-refractivity contribution in [3.05, 3.63) is 34.9 Å². The molecule has 0 saturated heterocycles. The first-order valence-electron chi connectivity index (χ1n) is 5.87. The van der Waals surface area contributed by atoms with Gasteiger partial charge in [0.2, 0.25) is 0 Å². The number of halogens is 1. The SMILES string of the molecule is CC(C)NCCNCCc1ccc(Cl)cc1. The van der Waals surface area contributed by atoms with Crippen LogP contribution in [-0.2, 0) is 6.42 Å². The minimum atomic E-state index is 0.568. The van der Waals surface area contributed by atoms with Gasteiger partial charge in [0.1, 0.15) is 0 Å². The van der Waals surface area contributed by atoms with Crippen LogP contribution in [0.1, 0.15) is 19.4 Å². The second-order valence-corrected chi connectivity index (χ2v) is 4.67. The van der Waals surface area contributed by atoms with Crippen molar-refractivity contribution in [2.24, 2.45) is 0 Å². The van der Waals surface area contributed by atoms with Gasteiger partial charge < -0.3 is 10.6 Å². The smallest absolute Gasteiger partial charge is 0.0406 e. The average molecular weight is 241 g/mol. The van der Waals surface area contributed by atoms with Crippen LogP contribution in [0, 0.1) is 0 Å². The van der Waals surface area contributed by atoms with Gasteiger partial charge in [-0.2, -0.15) is 0 Å². The molecule has 0 unspecified atom stereocenters. The predicted molar refractivity (Wildman–Crippen MR) is 71.2 cm³/mol. The first-order chi connectivity index (χ1) is 7.68. The van der Waals surface area contributed by atoms with E-state index in [4.69, 9.17) is 11.6 Å². The molecule has 0 aliphatic carbocycles. The van der Waals surface area contributed by atoms with E-state index in [0.29, 0.717) is 6.04 Å². The summed E-state index contributed by atoms with van der Waals surface area (Å²) < 4.78 is 0. The molecule has 1 aromatic rings. The van der Waals surface area contributed by atoms with Crippen molar-refractivity contribution in [2.75, 3.05) is 19.6 Å². The molecule has 0 heterocycles. The van der Waals surface area contributed by atoms with E-state index in [1.165, 1.54) is 5.56 Å². The summed E-state index contributed by atoms with van der Waals surface area (Å²) in [4.78, 5) is 0. The molecule has 3 heteroatoms. The monoisotopic (exact) mass is 240 g/mol. The molecule has 0 radical (unpaired) electrons. The molecule has 2 nitrogen and oxygen atoms in total. The molecule has 0 aliphatic rings. The molecule has 0 aromatic heterocycles. The van der Waals surface area contributed by atoms with Gasteiger partial charge in [0, 0.05) is 24.2 Å². The Bertz CT molecular complexity index is 282. The fraction of sp³-hybridized carbons (Fsp3) is 0.538. The maximum Gasteiger partial charge on any atom is 0.0406 e. The van der Waals surface area contributed by atoms with Crippen LogP contribution in [0.3, 0.4) is 0 Å². The Morgan fingerprint density at radius 3 is 2.38 bits per heavy atom. The number of benzene rings is 1. The Balaban J connectivity index is 2.05. The fourth-order valence-electron chi connectivity index (χ4n) is 1.46. The molecular weight excluding hydrogens is 220 g/mol. The van der Waals surface area contributed by atoms with Crippen molar-refractivity contribution >= 4 is 11.6 Å². The van der Waals surface area contributed by atoms with Gasteiger partial charge in [-0.25, -0.2) is 0 Å². The fourth-order valence-corrected chi connectivity index (χ4v) is 1.58. The highest BCUT2D eigenvalue weighted by atomic mass is 35.5. The predicted octanol–water partition coefficient (Wildman–Crippen LogP) is 2.47. The van der Waals surface area contributed by atoms with E-state index in [2.05, 4.69) is 36.6 Å². The lowest BCUT2D eigenvalue weighted by Crippen LogP contribution is -2.32. The van der Waals surface area contributed by atoms with Crippen LogP contribution in [0.25, 0.3) is 0 Å². The number of hydrogen-bond acceptors (Lipinski definition) is 2. The normalized spacial score (nSPS) is 11.0. The van der Waals surface area contributed by atoms with Gasteiger partial charge in [0.25, 0.3) is 0 Å². The van der Waals surface area contributed by atoms with Crippen LogP contribution in [0.4, 0.5) is 0 Å². The van der Waals surface area contributed by atoms with Crippen LogP contribution < -0.4 is 10.6 Å². The highest BCUT2D eigenvalue weighted by Gasteiger charge is 1.94. The Morgan fingerprint density at radius 1 is 1.06 bits per heavy atom. The zero-order valence-electron chi connectivity index (χ0n) is 10.1. The van der Waals surface area contributed by atoms with Gasteiger partial charge in [-0.1, -0.05) is 37.6 Å². The summed E-state index contributed by atoms with van der Waals surface area (Å²) in [5.74, 6) is 0. The van der Waals surface area contributed by atoms with E-state index in [1.807, 2.05) is 12.1 Å². The van der Waals surface area contributed by atoms with Crippen LogP contribution >= 0.6 is 11.6 Å². The lowest BCUT2D eigenvalue weighted by atomic mass is 10.1. The minimum Gasteiger partial charge on any atom is -0.315 e. The highest BCUT2D eigenvalue weighted by Crippen LogP contribution is 2.09. The molecule has 0 bridgehead atoms. The molecule has 0 amide bonds. The van der Waals surface area contributed by atoms with E-state index in [-0.39, 0.29) is 0 Å². The molecule has 1 aromatic carbocycles. The summed E-state index contributed by atoms with van der Waals surface area (Å²) in [6.45, 7) is 7.38. The third-order valence-electron chi connectivity index (χ3n) is 2.36. The molecular formula is C13H21ClN2. The maximum atomic E-state index is 5.82. The number of nitrogens with one attached hydrogen (secondary N) is 2. The van der Waals surface area contributed by atoms with Gasteiger partial charge >= 0.3 is 0 Å². The van der Waals surface area contributed by atoms with Crippen LogP contribution in [0.5, 0.6) is 0 Å². The molecule has 2 N–H and O–H groups in total. The second kappa shape index (κ2) is 7.66. The Kier molecular flexibility index (Phi) is 6.46. The first-order valence-corrected chi connectivity index (χ1v) is 6.25. The number of rotatable bonds is 7. The largest absolute Gasteiger partial charge is 0.315 e. The maximum absolute atomic E-state index is 5.82. The standard InChI is InChI=1S/C13H21ClN2/c1-11(2)16-10-9-15-8-7-12-3-5-13(14)6-4-12/h3-6,11,15-16H,7-10H2,1-2H3. The second-order valence-electron chi connectivity index (χ2n) is 4.24. The van der Waals surface area contributed by atoms with Crippen molar-refractivity contribution < 1.29 is 0 Å². The lowest BCUT2D eigenvalue weighted by molar-refractivity contribution is 0.556. The molecule has 1 rings (SSSR count). The van der Waals surface area contributed by atoms with E-state index in [9.17, 15) is 0 Å². The van der Waals surface area contributed by atoms with Crippen LogP contribution in [0.15, 0.2) is 24.3 Å². The summed E-state index contributed by atoms with van der Waals surface area (Å²) in [5, 5.41) is 7.58. The third kappa shape index (κ3) is 6.11. The highest BCUT2D eigenvalue weighted by molar-refractivity contribution is 6.30. The van der Waals surface area contributed by atoms with Gasteiger partial charge in [0.15, 0.2) is 0 Å². The van der Waals surface area contributed by atoms with Crippen LogP contribution in [0.2, 0.25) is 5.02 Å². The molecule has 0 aliphatic heterocycles. The molecule has 16 heavy (non-hydrogen) atoms. The van der Waals surface area contributed by atoms with E-state index in [1.54, 1.807) is 0 Å². The van der Waals surface area contributed by atoms with Crippen molar-refractivity contribution in [2.45, 2.75) is 26.3 Å². The van der Waals surface area contributed by atoms with Crippen molar-refractivity contribution in [1.29, 1.82) is 0 Å². The van der Waals surface area contributed by atoms with Gasteiger partial charge in [0.05, 0.1) is 0 Å². The van der Waals surface area contributed by atoms with E-state index >= 15 is 0 Å². The van der Waals surface area contributed by atoms with Gasteiger partial charge in [-0.05, 0) is 30.7 Å². The summed E-state index contributed by atoms with van der Waals surface area (Å²) in [7, 11) is 0. The lowest BCUT2D eigenvalue weighted by Gasteiger charge is -2.08. The van der Waals surface area contributed by atoms with Gasteiger partial charge in [-0.3, -0.25) is 0 Å². The van der Waals surface area contributed by atoms with E-state index < -0.39 is 0 Å². The van der Waals surface area contributed by atoms with Crippen LogP contribution in [-0.4, -0.2) is 25.7 Å². The molecule has 0 spiro atoms. The summed E-state index contributed by atoms with van der Waals surface area (Å²) >= 11 is 5.82. The van der Waals surface area contributed by atoms with E-state index in [0.717, 1.165) is 31.1 Å². The van der Waals surface area contributed by atoms with Crippen molar-refractivity contribution in [1.82, 2.24) is 10.6 Å². The molecule has 0 fully saturated rings.